The zero-order valence-corrected chi connectivity index (χ0v) is 18.8. The number of amides is 2. The van der Waals surface area contributed by atoms with Gasteiger partial charge in [-0.25, -0.2) is 13.1 Å². The van der Waals surface area contributed by atoms with Crippen LogP contribution >= 0.6 is 27.5 Å². The predicted molar refractivity (Wildman–Crippen MR) is 110 cm³/mol. The number of aryl methyl sites for hydroxylation is 1. The number of carbonyl (C=O) groups is 2. The van der Waals surface area contributed by atoms with Gasteiger partial charge in [-0.3, -0.25) is 20.4 Å². The smallest absolute Gasteiger partial charge is 0.286 e. The van der Waals surface area contributed by atoms with Crippen LogP contribution in [0.15, 0.2) is 39.8 Å². The van der Waals surface area contributed by atoms with Gasteiger partial charge in [0, 0.05) is 28.8 Å². The topological polar surface area (TPSA) is 109 Å². The quantitative estimate of drug-likeness (QED) is 0.571. The van der Waals surface area contributed by atoms with Gasteiger partial charge >= 0.3 is 0 Å². The van der Waals surface area contributed by atoms with E-state index < -0.39 is 27.4 Å². The van der Waals surface area contributed by atoms with E-state index in [9.17, 15) is 18.0 Å². The third-order valence-electron chi connectivity index (χ3n) is 3.42. The number of hydrazine groups is 1. The lowest BCUT2D eigenvalue weighted by atomic mass is 10.1. The number of sulfonamides is 1. The Morgan fingerprint density at radius 3 is 2.25 bits per heavy atom. The van der Waals surface area contributed by atoms with Crippen molar-refractivity contribution in [1.29, 1.82) is 0 Å². The molecule has 1 heterocycles. The maximum atomic E-state index is 12.5. The highest BCUT2D eigenvalue weighted by molar-refractivity contribution is 9.10. The second-order valence-corrected chi connectivity index (χ2v) is 10.0. The second-order valence-electron chi connectivity index (χ2n) is 7.06. The van der Waals surface area contributed by atoms with E-state index in [1.165, 1.54) is 12.1 Å². The highest BCUT2D eigenvalue weighted by atomic mass is 79.9. The van der Waals surface area contributed by atoms with Crippen molar-refractivity contribution in [3.8, 4) is 0 Å². The van der Waals surface area contributed by atoms with Gasteiger partial charge < -0.3 is 4.57 Å². The molecule has 0 aliphatic rings. The van der Waals surface area contributed by atoms with Crippen LogP contribution in [0.3, 0.4) is 0 Å². The number of nitrogens with zero attached hydrogens (tertiary/aromatic N) is 1. The van der Waals surface area contributed by atoms with Crippen LogP contribution in [0.2, 0.25) is 5.02 Å². The SMILES string of the molecule is Cn1cc(Br)cc1C(=O)NNC(=O)c1ccc(Cl)c(S(=O)(=O)NC(C)(C)C)c1. The first-order valence-corrected chi connectivity index (χ1v) is 10.7. The van der Waals surface area contributed by atoms with Crippen molar-refractivity contribution in [1.82, 2.24) is 20.1 Å². The number of nitrogens with one attached hydrogen (secondary N) is 3. The minimum absolute atomic E-state index is 0.0204. The van der Waals surface area contributed by atoms with Gasteiger partial charge in [-0.2, -0.15) is 0 Å². The molecule has 152 valence electrons. The van der Waals surface area contributed by atoms with Crippen molar-refractivity contribution in [3.05, 3.63) is 51.2 Å². The number of hydrogen-bond donors (Lipinski definition) is 3. The zero-order chi connectivity index (χ0) is 21.3. The first-order chi connectivity index (χ1) is 12.8. The van der Waals surface area contributed by atoms with Crippen LogP contribution < -0.4 is 15.6 Å². The van der Waals surface area contributed by atoms with Gasteiger partial charge in [-0.15, -0.1) is 0 Å². The van der Waals surface area contributed by atoms with Crippen molar-refractivity contribution in [2.24, 2.45) is 7.05 Å². The largest absolute Gasteiger partial charge is 0.345 e. The van der Waals surface area contributed by atoms with Crippen LogP contribution in [-0.2, 0) is 17.1 Å². The van der Waals surface area contributed by atoms with E-state index in [0.29, 0.717) is 10.2 Å². The third kappa shape index (κ3) is 5.57. The lowest BCUT2D eigenvalue weighted by Gasteiger charge is -2.21. The van der Waals surface area contributed by atoms with E-state index >= 15 is 0 Å². The highest BCUT2D eigenvalue weighted by Gasteiger charge is 2.25. The standard InChI is InChI=1S/C17H20BrClN4O4S/c1-17(2,3)22-28(26,27)14-7-10(5-6-12(14)19)15(24)20-21-16(25)13-8-11(18)9-23(13)4/h5-9,22H,1-4H3,(H,20,24)(H,21,25). The molecule has 0 unspecified atom stereocenters. The lowest BCUT2D eigenvalue weighted by molar-refractivity contribution is 0.0842. The van der Waals surface area contributed by atoms with Gasteiger partial charge in [0.1, 0.15) is 10.6 Å². The normalized spacial score (nSPS) is 11.9. The molecular weight excluding hydrogens is 472 g/mol. The molecule has 11 heteroatoms. The van der Waals surface area contributed by atoms with E-state index in [1.54, 1.807) is 44.6 Å². The van der Waals surface area contributed by atoms with Gasteiger partial charge in [0.25, 0.3) is 11.8 Å². The summed E-state index contributed by atoms with van der Waals surface area (Å²) in [5, 5.41) is -0.0222. The number of hydrogen-bond acceptors (Lipinski definition) is 4. The summed E-state index contributed by atoms with van der Waals surface area (Å²) >= 11 is 9.27. The number of rotatable bonds is 4. The Bertz CT molecular complexity index is 1030. The Morgan fingerprint density at radius 2 is 1.71 bits per heavy atom. The van der Waals surface area contributed by atoms with Crippen LogP contribution in [0.25, 0.3) is 0 Å². The first-order valence-electron chi connectivity index (χ1n) is 8.06. The number of benzene rings is 1. The van der Waals surface area contributed by atoms with Crippen LogP contribution in [0.1, 0.15) is 41.6 Å². The number of halogens is 2. The fourth-order valence-electron chi connectivity index (χ4n) is 2.31. The molecule has 2 amide bonds. The molecule has 0 aliphatic heterocycles. The maximum Gasteiger partial charge on any atom is 0.286 e. The van der Waals surface area contributed by atoms with E-state index in [0.717, 1.165) is 6.07 Å². The molecule has 0 spiro atoms. The molecule has 0 bridgehead atoms. The van der Waals surface area contributed by atoms with Crippen LogP contribution in [0.5, 0.6) is 0 Å². The molecule has 0 saturated heterocycles. The highest BCUT2D eigenvalue weighted by Crippen LogP contribution is 2.24. The average molecular weight is 492 g/mol. The predicted octanol–water partition coefficient (Wildman–Crippen LogP) is 2.59. The number of aromatic nitrogens is 1. The molecule has 0 atom stereocenters. The van der Waals surface area contributed by atoms with Crippen molar-refractivity contribution in [2.45, 2.75) is 31.2 Å². The Morgan fingerprint density at radius 1 is 1.11 bits per heavy atom. The molecular formula is C17H20BrClN4O4S. The summed E-state index contributed by atoms with van der Waals surface area (Å²) in [6.45, 7) is 5.06. The van der Waals surface area contributed by atoms with Crippen molar-refractivity contribution >= 4 is 49.4 Å². The summed E-state index contributed by atoms with van der Waals surface area (Å²) in [6.07, 6.45) is 1.69. The fourth-order valence-corrected chi connectivity index (χ4v) is 4.78. The van der Waals surface area contributed by atoms with Gasteiger partial charge in [-0.05, 0) is 61.0 Å². The lowest BCUT2D eigenvalue weighted by Crippen LogP contribution is -2.42. The van der Waals surface area contributed by atoms with Gasteiger partial charge in [0.05, 0.1) is 5.02 Å². The van der Waals surface area contributed by atoms with Crippen molar-refractivity contribution in [3.63, 3.8) is 0 Å². The van der Waals surface area contributed by atoms with Gasteiger partial charge in [0.2, 0.25) is 10.0 Å². The molecule has 2 rings (SSSR count). The molecule has 1 aromatic carbocycles. The third-order valence-corrected chi connectivity index (χ3v) is 6.09. The fraction of sp³-hybridized carbons (Fsp3) is 0.294. The molecule has 0 radical (unpaired) electrons. The van der Waals surface area contributed by atoms with E-state index in [2.05, 4.69) is 31.5 Å². The minimum Gasteiger partial charge on any atom is -0.345 e. The monoisotopic (exact) mass is 490 g/mol. The van der Waals surface area contributed by atoms with Gasteiger partial charge in [0.15, 0.2) is 0 Å². The first kappa shape index (κ1) is 22.4. The van der Waals surface area contributed by atoms with Gasteiger partial charge in [-0.1, -0.05) is 11.6 Å². The Kier molecular flexibility index (Phi) is 6.59. The Labute approximate surface area is 176 Å². The molecule has 2 aromatic rings. The molecule has 0 fully saturated rings. The minimum atomic E-state index is -3.94. The summed E-state index contributed by atoms with van der Waals surface area (Å²) in [5.74, 6) is -1.22. The molecule has 3 N–H and O–H groups in total. The summed E-state index contributed by atoms with van der Waals surface area (Å²) in [6, 6.07) is 5.41. The molecule has 0 aliphatic carbocycles. The van der Waals surface area contributed by atoms with Crippen LogP contribution in [-0.4, -0.2) is 30.3 Å². The van der Waals surface area contributed by atoms with Crippen LogP contribution in [0.4, 0.5) is 0 Å². The summed E-state index contributed by atoms with van der Waals surface area (Å²) < 4.78 is 29.8. The summed E-state index contributed by atoms with van der Waals surface area (Å²) in [7, 11) is -2.26. The zero-order valence-electron chi connectivity index (χ0n) is 15.6. The summed E-state index contributed by atoms with van der Waals surface area (Å²) in [5.41, 5.74) is 4.16. The Balaban J connectivity index is 2.18. The maximum absolute atomic E-state index is 12.5. The average Bonchev–Trinajstić information content (AvgIpc) is 2.88. The Hall–Kier alpha value is -1.88. The second kappa shape index (κ2) is 8.24. The van der Waals surface area contributed by atoms with Crippen molar-refractivity contribution in [2.75, 3.05) is 0 Å². The van der Waals surface area contributed by atoms with E-state index in [-0.39, 0.29) is 15.5 Å². The number of carbonyl (C=O) groups excluding carboxylic acids is 2. The molecule has 28 heavy (non-hydrogen) atoms. The van der Waals surface area contributed by atoms with E-state index in [1.807, 2.05) is 0 Å². The van der Waals surface area contributed by atoms with Crippen molar-refractivity contribution < 1.29 is 18.0 Å². The van der Waals surface area contributed by atoms with Crippen LogP contribution in [0, 0.1) is 0 Å². The molecule has 0 saturated carbocycles. The summed E-state index contributed by atoms with van der Waals surface area (Å²) in [4.78, 5) is 24.3. The molecule has 8 nitrogen and oxygen atoms in total. The van der Waals surface area contributed by atoms with E-state index in [4.69, 9.17) is 11.6 Å². The molecule has 1 aromatic heterocycles.